The molecule has 0 atom stereocenters. The van der Waals surface area contributed by atoms with Crippen LogP contribution in [0.1, 0.15) is 23.6 Å². The molecule has 204 valence electrons. The summed E-state index contributed by atoms with van der Waals surface area (Å²) in [5.41, 5.74) is 5.43. The first kappa shape index (κ1) is 29.8. The van der Waals surface area contributed by atoms with Crippen molar-refractivity contribution in [2.45, 2.75) is 20.8 Å². The molecule has 3 rings (SSSR count). The summed E-state index contributed by atoms with van der Waals surface area (Å²) in [6, 6.07) is 13.4. The van der Waals surface area contributed by atoms with Crippen molar-refractivity contribution < 1.29 is 23.9 Å². The number of benzene rings is 3. The lowest BCUT2D eigenvalue weighted by Crippen LogP contribution is -2.32. The number of aryl methyl sites for hydroxylation is 2. The van der Waals surface area contributed by atoms with Crippen LogP contribution >= 0.6 is 34.8 Å². The van der Waals surface area contributed by atoms with Crippen LogP contribution in [0.4, 0.5) is 11.4 Å². The van der Waals surface area contributed by atoms with Crippen molar-refractivity contribution in [3.8, 4) is 11.5 Å². The standard InChI is InChI=1S/C27H25Cl3N4O5/c1-4-38-22-12-17(13-31-34-27(37)26(36)33-21-7-5-6-18(28)24(21)30)11-19(29)25(22)39-14-23(35)32-20-9-8-15(2)10-16(20)3/h5-13H,4,14H2,1-3H3,(H,32,35)(H,33,36)(H,34,37)/b31-13-. The molecule has 0 unspecified atom stereocenters. The smallest absolute Gasteiger partial charge is 0.329 e. The lowest BCUT2D eigenvalue weighted by Gasteiger charge is -2.15. The lowest BCUT2D eigenvalue weighted by molar-refractivity contribution is -0.136. The second-order valence-corrected chi connectivity index (χ2v) is 9.37. The molecule has 0 heterocycles. The fourth-order valence-electron chi connectivity index (χ4n) is 3.34. The number of nitrogens with one attached hydrogen (secondary N) is 3. The molecule has 0 aliphatic carbocycles. The number of anilines is 2. The van der Waals surface area contributed by atoms with Crippen LogP contribution in [0.3, 0.4) is 0 Å². The third kappa shape index (κ3) is 8.35. The van der Waals surface area contributed by atoms with Crippen LogP contribution in [0.2, 0.25) is 15.1 Å². The molecule has 0 radical (unpaired) electrons. The summed E-state index contributed by atoms with van der Waals surface area (Å²) < 4.78 is 11.3. The number of amides is 3. The Morgan fingerprint density at radius 3 is 2.38 bits per heavy atom. The van der Waals surface area contributed by atoms with Gasteiger partial charge in [-0.1, -0.05) is 58.6 Å². The molecule has 3 N–H and O–H groups in total. The first-order valence-electron chi connectivity index (χ1n) is 11.6. The highest BCUT2D eigenvalue weighted by molar-refractivity contribution is 6.45. The summed E-state index contributed by atoms with van der Waals surface area (Å²) in [5, 5.41) is 9.43. The molecule has 0 bridgehead atoms. The summed E-state index contributed by atoms with van der Waals surface area (Å²) in [5.74, 6) is -1.95. The first-order valence-corrected chi connectivity index (χ1v) is 12.8. The van der Waals surface area contributed by atoms with E-state index in [2.05, 4.69) is 21.2 Å². The number of nitrogens with zero attached hydrogens (tertiary/aromatic N) is 1. The van der Waals surface area contributed by atoms with Gasteiger partial charge in [-0.15, -0.1) is 0 Å². The molecule has 39 heavy (non-hydrogen) atoms. The Morgan fingerprint density at radius 2 is 1.67 bits per heavy atom. The van der Waals surface area contributed by atoms with Crippen LogP contribution in [0.25, 0.3) is 0 Å². The van der Waals surface area contributed by atoms with Gasteiger partial charge in [0.05, 0.1) is 33.6 Å². The van der Waals surface area contributed by atoms with E-state index in [0.717, 1.165) is 11.1 Å². The monoisotopic (exact) mass is 590 g/mol. The second kappa shape index (κ2) is 13.8. The lowest BCUT2D eigenvalue weighted by atomic mass is 10.1. The Morgan fingerprint density at radius 1 is 0.897 bits per heavy atom. The number of rotatable bonds is 9. The van der Waals surface area contributed by atoms with Crippen LogP contribution in [0.5, 0.6) is 11.5 Å². The molecule has 12 heteroatoms. The van der Waals surface area contributed by atoms with Gasteiger partial charge in [-0.2, -0.15) is 5.10 Å². The van der Waals surface area contributed by atoms with Gasteiger partial charge in [0.2, 0.25) is 0 Å². The molecule has 0 fully saturated rings. The maximum atomic E-state index is 12.5. The van der Waals surface area contributed by atoms with E-state index in [0.29, 0.717) is 17.9 Å². The number of carbonyl (C=O) groups is 3. The highest BCUT2D eigenvalue weighted by atomic mass is 35.5. The quantitative estimate of drug-likeness (QED) is 0.166. The molecule has 3 amide bonds. The topological polar surface area (TPSA) is 118 Å². The Labute approximate surface area is 240 Å². The molecule has 0 aromatic heterocycles. The second-order valence-electron chi connectivity index (χ2n) is 8.17. The van der Waals surface area contributed by atoms with E-state index < -0.39 is 11.8 Å². The third-order valence-electron chi connectivity index (χ3n) is 5.12. The van der Waals surface area contributed by atoms with E-state index in [1.165, 1.54) is 18.3 Å². The molecule has 3 aromatic rings. The van der Waals surface area contributed by atoms with E-state index in [1.54, 1.807) is 25.1 Å². The molecule has 0 aliphatic heterocycles. The molecule has 0 spiro atoms. The number of halogens is 3. The van der Waals surface area contributed by atoms with Crippen molar-refractivity contribution in [1.29, 1.82) is 0 Å². The maximum absolute atomic E-state index is 12.5. The number of hydrazone groups is 1. The average molecular weight is 592 g/mol. The fourth-order valence-corrected chi connectivity index (χ4v) is 3.96. The zero-order valence-corrected chi connectivity index (χ0v) is 23.5. The minimum atomic E-state index is -1.03. The fraction of sp³-hybridized carbons (Fsp3) is 0.185. The highest BCUT2D eigenvalue weighted by Gasteiger charge is 2.17. The minimum absolute atomic E-state index is 0.104. The largest absolute Gasteiger partial charge is 0.490 e. The number of carbonyl (C=O) groups excluding carboxylic acids is 3. The molecule has 3 aromatic carbocycles. The molecular weight excluding hydrogens is 567 g/mol. The van der Waals surface area contributed by atoms with Gasteiger partial charge in [0.1, 0.15) is 0 Å². The molecule has 0 saturated heterocycles. The van der Waals surface area contributed by atoms with Crippen molar-refractivity contribution in [2.75, 3.05) is 23.8 Å². The molecule has 9 nitrogen and oxygen atoms in total. The molecular formula is C27H25Cl3N4O5. The number of hydrogen-bond acceptors (Lipinski definition) is 6. The minimum Gasteiger partial charge on any atom is -0.490 e. The summed E-state index contributed by atoms with van der Waals surface area (Å²) >= 11 is 18.3. The summed E-state index contributed by atoms with van der Waals surface area (Å²) in [6.45, 7) is 5.64. The Kier molecular flexibility index (Phi) is 10.6. The van der Waals surface area contributed by atoms with Gasteiger partial charge in [-0.3, -0.25) is 14.4 Å². The van der Waals surface area contributed by atoms with Gasteiger partial charge < -0.3 is 20.1 Å². The summed E-state index contributed by atoms with van der Waals surface area (Å²) in [4.78, 5) is 36.7. The van der Waals surface area contributed by atoms with Gasteiger partial charge in [0.25, 0.3) is 5.91 Å². The van der Waals surface area contributed by atoms with E-state index >= 15 is 0 Å². The van der Waals surface area contributed by atoms with Gasteiger partial charge in [-0.25, -0.2) is 5.43 Å². The zero-order valence-electron chi connectivity index (χ0n) is 21.2. The van der Waals surface area contributed by atoms with Gasteiger partial charge in [0, 0.05) is 5.69 Å². The van der Waals surface area contributed by atoms with E-state index in [-0.39, 0.29) is 44.8 Å². The van der Waals surface area contributed by atoms with Crippen molar-refractivity contribution in [3.05, 3.63) is 80.3 Å². The first-order chi connectivity index (χ1) is 18.6. The van der Waals surface area contributed by atoms with Crippen LogP contribution in [-0.2, 0) is 14.4 Å². The van der Waals surface area contributed by atoms with E-state index in [1.807, 2.05) is 32.0 Å². The van der Waals surface area contributed by atoms with Crippen LogP contribution in [-0.4, -0.2) is 37.1 Å². The van der Waals surface area contributed by atoms with E-state index in [4.69, 9.17) is 44.3 Å². The van der Waals surface area contributed by atoms with Crippen LogP contribution < -0.4 is 25.5 Å². The van der Waals surface area contributed by atoms with Crippen LogP contribution in [0, 0.1) is 13.8 Å². The molecule has 0 saturated carbocycles. The predicted octanol–water partition coefficient (Wildman–Crippen LogP) is 5.77. The summed E-state index contributed by atoms with van der Waals surface area (Å²) in [6.07, 6.45) is 1.27. The maximum Gasteiger partial charge on any atom is 0.329 e. The summed E-state index contributed by atoms with van der Waals surface area (Å²) in [7, 11) is 0. The zero-order chi connectivity index (χ0) is 28.5. The van der Waals surface area contributed by atoms with Gasteiger partial charge >= 0.3 is 11.8 Å². The number of ether oxygens (including phenoxy) is 2. The Bertz CT molecular complexity index is 1430. The van der Waals surface area contributed by atoms with Crippen molar-refractivity contribution >= 4 is 70.1 Å². The highest BCUT2D eigenvalue weighted by Crippen LogP contribution is 2.36. The molecule has 0 aliphatic rings. The van der Waals surface area contributed by atoms with Crippen molar-refractivity contribution in [3.63, 3.8) is 0 Å². The Hall–Kier alpha value is -3.79. The van der Waals surface area contributed by atoms with Crippen molar-refractivity contribution in [1.82, 2.24) is 5.43 Å². The van der Waals surface area contributed by atoms with Crippen LogP contribution in [0.15, 0.2) is 53.6 Å². The number of hydrogen-bond donors (Lipinski definition) is 3. The Balaban J connectivity index is 1.63. The third-order valence-corrected chi connectivity index (χ3v) is 6.22. The van der Waals surface area contributed by atoms with Gasteiger partial charge in [0.15, 0.2) is 18.1 Å². The SMILES string of the molecule is CCOc1cc(/C=N\NC(=O)C(=O)Nc2cccc(Cl)c2Cl)cc(Cl)c1OCC(=O)Nc1ccc(C)cc1C. The van der Waals surface area contributed by atoms with Gasteiger partial charge in [-0.05, 0) is 62.2 Å². The average Bonchev–Trinajstić information content (AvgIpc) is 2.88. The normalized spacial score (nSPS) is 10.7. The van der Waals surface area contributed by atoms with E-state index in [9.17, 15) is 14.4 Å². The predicted molar refractivity (Wildman–Crippen MR) is 153 cm³/mol. The van der Waals surface area contributed by atoms with Crippen molar-refractivity contribution in [2.24, 2.45) is 5.10 Å².